The van der Waals surface area contributed by atoms with Crippen molar-refractivity contribution < 1.29 is 4.79 Å². The van der Waals surface area contributed by atoms with E-state index in [1.165, 1.54) is 0 Å². The lowest BCUT2D eigenvalue weighted by Gasteiger charge is -2.16. The fourth-order valence-corrected chi connectivity index (χ4v) is 2.39. The summed E-state index contributed by atoms with van der Waals surface area (Å²) in [5.41, 5.74) is 2.93. The second kappa shape index (κ2) is 6.99. The fraction of sp³-hybridized carbons (Fsp3) is 0.235. The summed E-state index contributed by atoms with van der Waals surface area (Å²) in [5, 5.41) is 11.3. The number of para-hydroxylation sites is 1. The summed E-state index contributed by atoms with van der Waals surface area (Å²) >= 11 is 0. The van der Waals surface area contributed by atoms with Gasteiger partial charge >= 0.3 is 6.03 Å². The zero-order chi connectivity index (χ0) is 16.9. The molecule has 2 aromatic heterocycles. The van der Waals surface area contributed by atoms with Gasteiger partial charge < -0.3 is 10.2 Å². The van der Waals surface area contributed by atoms with Crippen LogP contribution in [-0.2, 0) is 20.1 Å². The zero-order valence-electron chi connectivity index (χ0n) is 13.8. The first-order valence-corrected chi connectivity index (χ1v) is 7.67. The highest BCUT2D eigenvalue weighted by Crippen LogP contribution is 2.08. The Morgan fingerprint density at radius 1 is 1.12 bits per heavy atom. The van der Waals surface area contributed by atoms with Gasteiger partial charge in [0, 0.05) is 44.2 Å². The van der Waals surface area contributed by atoms with Gasteiger partial charge in [-0.1, -0.05) is 18.2 Å². The van der Waals surface area contributed by atoms with Gasteiger partial charge in [0.15, 0.2) is 0 Å². The Bertz CT molecular complexity index is 807. The number of carbonyl (C=O) groups excluding carboxylic acids is 1. The smallest absolute Gasteiger partial charge is 0.317 e. The molecule has 0 saturated heterocycles. The van der Waals surface area contributed by atoms with Crippen LogP contribution in [0.1, 0.15) is 11.1 Å². The highest BCUT2D eigenvalue weighted by atomic mass is 16.2. The summed E-state index contributed by atoms with van der Waals surface area (Å²) in [6, 6.07) is 9.73. The first-order valence-electron chi connectivity index (χ1n) is 7.67. The molecule has 0 spiro atoms. The highest BCUT2D eigenvalue weighted by Gasteiger charge is 2.10. The lowest BCUT2D eigenvalue weighted by Crippen LogP contribution is -2.36. The van der Waals surface area contributed by atoms with Gasteiger partial charge in [-0.3, -0.25) is 4.68 Å². The molecule has 7 nitrogen and oxygen atoms in total. The van der Waals surface area contributed by atoms with Crippen LogP contribution in [0, 0.1) is 0 Å². The monoisotopic (exact) mass is 324 g/mol. The lowest BCUT2D eigenvalue weighted by molar-refractivity contribution is 0.206. The molecule has 0 unspecified atom stereocenters. The van der Waals surface area contributed by atoms with E-state index >= 15 is 0 Å². The van der Waals surface area contributed by atoms with E-state index in [0.717, 1.165) is 16.8 Å². The predicted octanol–water partition coefficient (Wildman–Crippen LogP) is 1.95. The maximum Gasteiger partial charge on any atom is 0.317 e. The number of urea groups is 1. The first-order chi connectivity index (χ1) is 11.6. The molecule has 0 bridgehead atoms. The highest BCUT2D eigenvalue weighted by molar-refractivity contribution is 5.73. The molecule has 0 saturated carbocycles. The van der Waals surface area contributed by atoms with Gasteiger partial charge in [0.25, 0.3) is 0 Å². The molecule has 2 amide bonds. The van der Waals surface area contributed by atoms with Crippen LogP contribution in [0.4, 0.5) is 4.79 Å². The van der Waals surface area contributed by atoms with E-state index in [-0.39, 0.29) is 6.03 Å². The van der Waals surface area contributed by atoms with Gasteiger partial charge in [-0.25, -0.2) is 9.48 Å². The normalized spacial score (nSPS) is 10.6. The van der Waals surface area contributed by atoms with Crippen LogP contribution in [0.25, 0.3) is 5.69 Å². The van der Waals surface area contributed by atoms with Crippen LogP contribution in [0.2, 0.25) is 0 Å². The second-order valence-electron chi connectivity index (χ2n) is 5.67. The van der Waals surface area contributed by atoms with Crippen LogP contribution in [-0.4, -0.2) is 37.5 Å². The summed E-state index contributed by atoms with van der Waals surface area (Å²) < 4.78 is 3.51. The number of aryl methyl sites for hydroxylation is 1. The number of amides is 2. The Morgan fingerprint density at radius 3 is 2.58 bits per heavy atom. The molecule has 124 valence electrons. The molecule has 0 aliphatic carbocycles. The molecular weight excluding hydrogens is 304 g/mol. The molecule has 3 aromatic rings. The summed E-state index contributed by atoms with van der Waals surface area (Å²) in [4.78, 5) is 13.8. The van der Waals surface area contributed by atoms with Gasteiger partial charge in [0.2, 0.25) is 0 Å². The second-order valence-corrected chi connectivity index (χ2v) is 5.67. The van der Waals surface area contributed by atoms with E-state index in [2.05, 4.69) is 15.5 Å². The minimum atomic E-state index is -0.133. The predicted molar refractivity (Wildman–Crippen MR) is 90.5 cm³/mol. The van der Waals surface area contributed by atoms with Gasteiger partial charge in [-0.05, 0) is 12.1 Å². The molecule has 0 aliphatic rings. The van der Waals surface area contributed by atoms with Crippen LogP contribution in [0.15, 0.2) is 55.1 Å². The number of benzene rings is 1. The molecule has 24 heavy (non-hydrogen) atoms. The molecular formula is C17H20N6O. The van der Waals surface area contributed by atoms with Crippen molar-refractivity contribution in [3.05, 3.63) is 66.2 Å². The molecule has 7 heteroatoms. The van der Waals surface area contributed by atoms with E-state index < -0.39 is 0 Å². The largest absolute Gasteiger partial charge is 0.334 e. The Balaban J connectivity index is 1.53. The third-order valence-electron chi connectivity index (χ3n) is 3.63. The Morgan fingerprint density at radius 2 is 1.88 bits per heavy atom. The molecule has 0 aliphatic heterocycles. The number of nitrogens with zero attached hydrogens (tertiary/aromatic N) is 5. The number of hydrogen-bond donors (Lipinski definition) is 1. The average molecular weight is 324 g/mol. The summed E-state index contributed by atoms with van der Waals surface area (Å²) in [5.74, 6) is 0. The van der Waals surface area contributed by atoms with Gasteiger partial charge in [0.1, 0.15) is 0 Å². The van der Waals surface area contributed by atoms with Crippen molar-refractivity contribution >= 4 is 6.03 Å². The molecule has 0 atom stereocenters. The average Bonchev–Trinajstić information content (AvgIpc) is 3.22. The zero-order valence-corrected chi connectivity index (χ0v) is 13.8. The van der Waals surface area contributed by atoms with Gasteiger partial charge in [-0.2, -0.15) is 10.2 Å². The summed E-state index contributed by atoms with van der Waals surface area (Å²) in [6.07, 6.45) is 7.33. The van der Waals surface area contributed by atoms with Gasteiger partial charge in [-0.15, -0.1) is 0 Å². The number of carbonyl (C=O) groups is 1. The van der Waals surface area contributed by atoms with Crippen LogP contribution >= 0.6 is 0 Å². The van der Waals surface area contributed by atoms with Crippen molar-refractivity contribution in [2.75, 3.05) is 7.05 Å². The fourth-order valence-electron chi connectivity index (χ4n) is 2.39. The van der Waals surface area contributed by atoms with Crippen molar-refractivity contribution in [1.82, 2.24) is 29.8 Å². The van der Waals surface area contributed by atoms with E-state index in [1.54, 1.807) is 33.7 Å². The molecule has 0 fully saturated rings. The molecule has 2 heterocycles. The third-order valence-corrected chi connectivity index (χ3v) is 3.63. The van der Waals surface area contributed by atoms with Crippen molar-refractivity contribution in [3.8, 4) is 5.69 Å². The van der Waals surface area contributed by atoms with Crippen molar-refractivity contribution in [2.45, 2.75) is 13.1 Å². The number of aromatic nitrogens is 4. The quantitative estimate of drug-likeness (QED) is 0.780. The maximum atomic E-state index is 12.2. The first kappa shape index (κ1) is 15.8. The third kappa shape index (κ3) is 3.81. The SMILES string of the molecule is CN(Cc1cnn(C)c1)C(=O)NCc1cnn(-c2ccccc2)c1. The van der Waals surface area contributed by atoms with Crippen molar-refractivity contribution in [3.63, 3.8) is 0 Å². The standard InChI is InChI=1S/C17H20N6O/c1-21(11-15-10-19-22(2)12-15)17(24)18-8-14-9-20-23(13-14)16-6-4-3-5-7-16/h3-7,9-10,12-13H,8,11H2,1-2H3,(H,18,24). The number of nitrogens with one attached hydrogen (secondary N) is 1. The van der Waals surface area contributed by atoms with E-state index in [1.807, 2.05) is 49.8 Å². The Labute approximate surface area is 140 Å². The van der Waals surface area contributed by atoms with E-state index in [9.17, 15) is 4.79 Å². The lowest BCUT2D eigenvalue weighted by atomic mass is 10.3. The van der Waals surface area contributed by atoms with Crippen LogP contribution in [0.3, 0.4) is 0 Å². The maximum absolute atomic E-state index is 12.2. The molecule has 3 rings (SSSR count). The summed E-state index contributed by atoms with van der Waals surface area (Å²) in [6.45, 7) is 0.950. The van der Waals surface area contributed by atoms with Crippen molar-refractivity contribution in [1.29, 1.82) is 0 Å². The number of rotatable bonds is 5. The van der Waals surface area contributed by atoms with Crippen LogP contribution < -0.4 is 5.32 Å². The molecule has 0 radical (unpaired) electrons. The Kier molecular flexibility index (Phi) is 4.60. The van der Waals surface area contributed by atoms with Crippen LogP contribution in [0.5, 0.6) is 0 Å². The molecule has 1 aromatic carbocycles. The summed E-state index contributed by atoms with van der Waals surface area (Å²) in [7, 11) is 3.61. The van der Waals surface area contributed by atoms with Crippen molar-refractivity contribution in [2.24, 2.45) is 7.05 Å². The minimum absolute atomic E-state index is 0.133. The van der Waals surface area contributed by atoms with E-state index in [0.29, 0.717) is 13.1 Å². The number of hydrogen-bond acceptors (Lipinski definition) is 3. The Hall–Kier alpha value is -3.09. The minimum Gasteiger partial charge on any atom is -0.334 e. The molecule has 1 N–H and O–H groups in total. The van der Waals surface area contributed by atoms with Gasteiger partial charge in [0.05, 0.1) is 24.6 Å². The topological polar surface area (TPSA) is 68.0 Å². The van der Waals surface area contributed by atoms with E-state index in [4.69, 9.17) is 0 Å².